The molecule has 6 heteroatoms. The Morgan fingerprint density at radius 3 is 2.69 bits per heavy atom. The maximum atomic E-state index is 8.44. The van der Waals surface area contributed by atoms with Crippen molar-refractivity contribution in [1.29, 1.82) is 0 Å². The highest BCUT2D eigenvalue weighted by Crippen LogP contribution is 2.00. The van der Waals surface area contributed by atoms with Gasteiger partial charge in [-0.1, -0.05) is 5.16 Å². The monoisotopic (exact) mass is 233 g/mol. The highest BCUT2D eigenvalue weighted by atomic mass is 16.5. The van der Waals surface area contributed by atoms with Gasteiger partial charge in [0.15, 0.2) is 0 Å². The number of nitrogens with two attached hydrogens (primary N) is 1. The van der Waals surface area contributed by atoms with Crippen molar-refractivity contribution in [3.05, 3.63) is 0 Å². The maximum absolute atomic E-state index is 8.44. The van der Waals surface area contributed by atoms with Crippen LogP contribution >= 0.6 is 0 Å². The second-order valence-corrected chi connectivity index (χ2v) is 3.73. The standard InChI is InChI=1S/C10H23N3O3/c1-9(8-10(11)12-14)13(2)4-5-16-7-6-15-3/h9,14H,4-8H2,1-3H3,(H2,11,12). The second-order valence-electron chi connectivity index (χ2n) is 3.73. The molecule has 0 aromatic heterocycles. The Balaban J connectivity index is 3.59. The minimum Gasteiger partial charge on any atom is -0.409 e. The molecule has 0 aromatic rings. The summed E-state index contributed by atoms with van der Waals surface area (Å²) in [6, 6.07) is 0.224. The lowest BCUT2D eigenvalue weighted by Crippen LogP contribution is -2.35. The zero-order valence-corrected chi connectivity index (χ0v) is 10.3. The summed E-state index contributed by atoms with van der Waals surface area (Å²) in [5.41, 5.74) is 5.43. The fourth-order valence-electron chi connectivity index (χ4n) is 1.17. The Labute approximate surface area is 97.0 Å². The molecular weight excluding hydrogens is 210 g/mol. The van der Waals surface area contributed by atoms with E-state index in [0.29, 0.717) is 26.2 Å². The molecule has 0 amide bonds. The van der Waals surface area contributed by atoms with Crippen molar-refractivity contribution < 1.29 is 14.7 Å². The third-order valence-electron chi connectivity index (χ3n) is 2.41. The first-order valence-electron chi connectivity index (χ1n) is 5.35. The van der Waals surface area contributed by atoms with Crippen LogP contribution in [0.5, 0.6) is 0 Å². The average Bonchev–Trinajstić information content (AvgIpc) is 2.28. The summed E-state index contributed by atoms with van der Waals surface area (Å²) in [5, 5.41) is 11.4. The highest BCUT2D eigenvalue weighted by Gasteiger charge is 2.10. The van der Waals surface area contributed by atoms with E-state index in [-0.39, 0.29) is 11.9 Å². The largest absolute Gasteiger partial charge is 0.409 e. The number of nitrogens with zero attached hydrogens (tertiary/aromatic N) is 2. The number of methoxy groups -OCH3 is 1. The Morgan fingerprint density at radius 1 is 1.44 bits per heavy atom. The number of hydrogen-bond acceptors (Lipinski definition) is 5. The van der Waals surface area contributed by atoms with Crippen molar-refractivity contribution in [2.45, 2.75) is 19.4 Å². The molecule has 0 radical (unpaired) electrons. The molecule has 0 aliphatic heterocycles. The minimum atomic E-state index is 0.224. The molecule has 1 atom stereocenters. The van der Waals surface area contributed by atoms with Gasteiger partial charge >= 0.3 is 0 Å². The Morgan fingerprint density at radius 2 is 2.12 bits per heavy atom. The van der Waals surface area contributed by atoms with E-state index in [4.69, 9.17) is 20.4 Å². The zero-order valence-electron chi connectivity index (χ0n) is 10.3. The molecule has 0 rings (SSSR count). The van der Waals surface area contributed by atoms with Gasteiger partial charge in [0, 0.05) is 26.1 Å². The zero-order chi connectivity index (χ0) is 12.4. The van der Waals surface area contributed by atoms with Gasteiger partial charge in [-0.05, 0) is 14.0 Å². The number of rotatable bonds is 9. The fourth-order valence-corrected chi connectivity index (χ4v) is 1.17. The predicted molar refractivity (Wildman–Crippen MR) is 62.8 cm³/mol. The van der Waals surface area contributed by atoms with Crippen molar-refractivity contribution in [3.8, 4) is 0 Å². The number of ether oxygens (including phenoxy) is 2. The second kappa shape index (κ2) is 9.38. The van der Waals surface area contributed by atoms with Crippen LogP contribution in [0.4, 0.5) is 0 Å². The summed E-state index contributed by atoms with van der Waals surface area (Å²) in [6.07, 6.45) is 0.547. The highest BCUT2D eigenvalue weighted by molar-refractivity contribution is 5.80. The van der Waals surface area contributed by atoms with Gasteiger partial charge in [-0.3, -0.25) is 0 Å². The van der Waals surface area contributed by atoms with Crippen molar-refractivity contribution in [2.24, 2.45) is 10.9 Å². The molecule has 3 N–H and O–H groups in total. The molecular formula is C10H23N3O3. The molecule has 0 saturated heterocycles. The third-order valence-corrected chi connectivity index (χ3v) is 2.41. The molecule has 0 aliphatic carbocycles. The van der Waals surface area contributed by atoms with E-state index in [9.17, 15) is 0 Å². The van der Waals surface area contributed by atoms with Crippen LogP contribution in [-0.4, -0.2) is 62.5 Å². The molecule has 0 aliphatic rings. The van der Waals surface area contributed by atoms with Gasteiger partial charge in [0.1, 0.15) is 5.84 Å². The van der Waals surface area contributed by atoms with Gasteiger partial charge in [-0.2, -0.15) is 0 Å². The Bertz CT molecular complexity index is 200. The first kappa shape index (κ1) is 15.2. The summed E-state index contributed by atoms with van der Waals surface area (Å²) in [7, 11) is 3.63. The van der Waals surface area contributed by atoms with E-state index in [1.165, 1.54) is 0 Å². The van der Waals surface area contributed by atoms with Crippen LogP contribution in [0.1, 0.15) is 13.3 Å². The van der Waals surface area contributed by atoms with E-state index in [1.54, 1.807) is 7.11 Å². The van der Waals surface area contributed by atoms with Crippen molar-refractivity contribution >= 4 is 5.84 Å². The topological polar surface area (TPSA) is 80.3 Å². The van der Waals surface area contributed by atoms with E-state index in [1.807, 2.05) is 14.0 Å². The molecule has 1 unspecified atom stereocenters. The fraction of sp³-hybridized carbons (Fsp3) is 0.900. The third kappa shape index (κ3) is 7.44. The van der Waals surface area contributed by atoms with Gasteiger partial charge < -0.3 is 25.3 Å². The van der Waals surface area contributed by atoms with Gasteiger partial charge in [0.2, 0.25) is 0 Å². The van der Waals surface area contributed by atoms with Gasteiger partial charge in [-0.15, -0.1) is 0 Å². The normalized spacial score (nSPS) is 14.4. The number of likely N-dealkylation sites (N-methyl/N-ethyl adjacent to an activating group) is 1. The van der Waals surface area contributed by atoms with Crippen LogP contribution < -0.4 is 5.73 Å². The minimum absolute atomic E-state index is 0.224. The molecule has 16 heavy (non-hydrogen) atoms. The Hall–Kier alpha value is -0.850. The van der Waals surface area contributed by atoms with Crippen LogP contribution in [0.3, 0.4) is 0 Å². The summed E-state index contributed by atoms with van der Waals surface area (Å²) in [4.78, 5) is 2.10. The van der Waals surface area contributed by atoms with E-state index >= 15 is 0 Å². The lowest BCUT2D eigenvalue weighted by atomic mass is 10.2. The van der Waals surface area contributed by atoms with Crippen LogP contribution in [0, 0.1) is 0 Å². The molecule has 6 nitrogen and oxygen atoms in total. The first-order chi connectivity index (χ1) is 7.61. The summed E-state index contributed by atoms with van der Waals surface area (Å²) < 4.78 is 10.2. The molecule has 96 valence electrons. The summed E-state index contributed by atoms with van der Waals surface area (Å²) in [6.45, 7) is 4.71. The Kier molecular flexibility index (Phi) is 8.88. The van der Waals surface area contributed by atoms with Crippen molar-refractivity contribution in [3.63, 3.8) is 0 Å². The number of amidine groups is 1. The summed E-state index contributed by atoms with van der Waals surface area (Å²) >= 11 is 0. The first-order valence-corrected chi connectivity index (χ1v) is 5.35. The number of hydrogen-bond donors (Lipinski definition) is 2. The van der Waals surface area contributed by atoms with Gasteiger partial charge in [0.25, 0.3) is 0 Å². The predicted octanol–water partition coefficient (Wildman–Crippen LogP) is 0.106. The van der Waals surface area contributed by atoms with Crippen LogP contribution in [0.2, 0.25) is 0 Å². The molecule has 0 saturated carbocycles. The van der Waals surface area contributed by atoms with Crippen LogP contribution in [0.25, 0.3) is 0 Å². The lowest BCUT2D eigenvalue weighted by molar-refractivity contribution is 0.0563. The van der Waals surface area contributed by atoms with Gasteiger partial charge in [0.05, 0.1) is 19.8 Å². The molecule has 0 heterocycles. The van der Waals surface area contributed by atoms with Gasteiger partial charge in [-0.25, -0.2) is 0 Å². The van der Waals surface area contributed by atoms with Crippen LogP contribution in [0.15, 0.2) is 5.16 Å². The smallest absolute Gasteiger partial charge is 0.140 e. The molecule has 0 fully saturated rings. The average molecular weight is 233 g/mol. The quantitative estimate of drug-likeness (QED) is 0.194. The van der Waals surface area contributed by atoms with E-state index in [0.717, 1.165) is 6.54 Å². The lowest BCUT2D eigenvalue weighted by Gasteiger charge is -2.23. The van der Waals surface area contributed by atoms with Crippen molar-refractivity contribution in [1.82, 2.24) is 4.90 Å². The van der Waals surface area contributed by atoms with E-state index < -0.39 is 0 Å². The SMILES string of the molecule is COCCOCCN(C)C(C)CC(N)=NO. The molecule has 0 aromatic carbocycles. The molecule has 0 bridgehead atoms. The maximum Gasteiger partial charge on any atom is 0.140 e. The number of oxime groups is 1. The van der Waals surface area contributed by atoms with E-state index in [2.05, 4.69) is 10.1 Å². The molecule has 0 spiro atoms. The summed E-state index contributed by atoms with van der Waals surface area (Å²) in [5.74, 6) is 0.250. The van der Waals surface area contributed by atoms with Crippen molar-refractivity contribution in [2.75, 3.05) is 40.5 Å². The van der Waals surface area contributed by atoms with Crippen LogP contribution in [-0.2, 0) is 9.47 Å².